The molecular weight excluding hydrogens is 408 g/mol. The maximum absolute atomic E-state index is 12.8. The van der Waals surface area contributed by atoms with Gasteiger partial charge in [0.25, 0.3) is 5.91 Å². The van der Waals surface area contributed by atoms with Gasteiger partial charge in [0.05, 0.1) is 16.6 Å². The van der Waals surface area contributed by atoms with Gasteiger partial charge in [0.1, 0.15) is 5.76 Å². The van der Waals surface area contributed by atoms with Gasteiger partial charge in [0.2, 0.25) is 0 Å². The predicted molar refractivity (Wildman–Crippen MR) is 115 cm³/mol. The summed E-state index contributed by atoms with van der Waals surface area (Å²) in [4.78, 5) is 18.0. The van der Waals surface area contributed by atoms with Crippen molar-refractivity contribution in [3.05, 3.63) is 52.9 Å². The number of hydrogen-bond acceptors (Lipinski definition) is 4. The van der Waals surface area contributed by atoms with E-state index in [-0.39, 0.29) is 11.7 Å². The van der Waals surface area contributed by atoms with E-state index in [1.54, 1.807) is 36.4 Å². The molecule has 0 unspecified atom stereocenters. The monoisotopic (exact) mass is 434 g/mol. The lowest BCUT2D eigenvalue weighted by atomic mass is 10.00. The summed E-state index contributed by atoms with van der Waals surface area (Å²) in [6, 6.07) is 11.0. The Kier molecular flexibility index (Phi) is 6.73. The molecule has 1 atom stereocenters. The topological polar surface area (TPSA) is 53.8 Å². The second kappa shape index (κ2) is 9.45. The van der Waals surface area contributed by atoms with Crippen LogP contribution in [0.15, 0.2) is 45.7 Å². The van der Waals surface area contributed by atoms with Crippen LogP contribution in [0.25, 0.3) is 0 Å². The molecular formula is C22H27ClN2O3S. The second-order valence-electron chi connectivity index (χ2n) is 7.83. The number of hydrogen-bond donors (Lipinski definition) is 0. The minimum absolute atomic E-state index is 0.0642. The Labute approximate surface area is 179 Å². The van der Waals surface area contributed by atoms with E-state index in [9.17, 15) is 9.00 Å². The van der Waals surface area contributed by atoms with Crippen LogP contribution >= 0.6 is 11.6 Å². The zero-order valence-corrected chi connectivity index (χ0v) is 18.1. The van der Waals surface area contributed by atoms with Crippen LogP contribution < -0.4 is 0 Å². The number of likely N-dealkylation sites (tertiary alicyclic amines) is 2. The van der Waals surface area contributed by atoms with Crippen LogP contribution in [-0.4, -0.2) is 52.1 Å². The van der Waals surface area contributed by atoms with Crippen molar-refractivity contribution in [3.63, 3.8) is 0 Å². The Morgan fingerprint density at radius 2 is 1.69 bits per heavy atom. The summed E-state index contributed by atoms with van der Waals surface area (Å²) in [5.74, 6) is 1.08. The van der Waals surface area contributed by atoms with Gasteiger partial charge in [-0.1, -0.05) is 18.0 Å². The number of furan rings is 1. The summed E-state index contributed by atoms with van der Waals surface area (Å²) in [5, 5.41) is 0.612. The molecule has 5 nitrogen and oxygen atoms in total. The minimum Gasteiger partial charge on any atom is -0.455 e. The molecule has 3 heterocycles. The largest absolute Gasteiger partial charge is 0.455 e. The standard InChI is InChI=1S/C22H27ClN2O3S/c23-17-4-7-20(8-5-17)29(27)16-19-6-9-21(28-19)22(26)25-14-10-18(11-15-25)24-12-2-1-3-13-24/h4-9,18H,1-3,10-16H2/t29-/m1/s1. The number of piperidine rings is 2. The first-order valence-corrected chi connectivity index (χ1v) is 12.1. The zero-order valence-electron chi connectivity index (χ0n) is 16.5. The number of halogens is 1. The molecule has 0 spiro atoms. The molecule has 156 valence electrons. The Morgan fingerprint density at radius 3 is 2.38 bits per heavy atom. The number of benzene rings is 1. The summed E-state index contributed by atoms with van der Waals surface area (Å²) < 4.78 is 18.2. The smallest absolute Gasteiger partial charge is 0.289 e. The first-order chi connectivity index (χ1) is 14.1. The van der Waals surface area contributed by atoms with Crippen molar-refractivity contribution in [3.8, 4) is 0 Å². The Morgan fingerprint density at radius 1 is 1.00 bits per heavy atom. The van der Waals surface area contributed by atoms with Crippen molar-refractivity contribution in [2.75, 3.05) is 26.2 Å². The number of nitrogens with zero attached hydrogens (tertiary/aromatic N) is 2. The average Bonchev–Trinajstić information content (AvgIpc) is 3.23. The van der Waals surface area contributed by atoms with Gasteiger partial charge in [-0.2, -0.15) is 0 Å². The fourth-order valence-corrected chi connectivity index (χ4v) is 5.39. The highest BCUT2D eigenvalue weighted by atomic mass is 35.5. The van der Waals surface area contributed by atoms with Crippen LogP contribution in [0, 0.1) is 0 Å². The fourth-order valence-electron chi connectivity index (χ4n) is 4.24. The molecule has 0 bridgehead atoms. The number of rotatable bonds is 5. The van der Waals surface area contributed by atoms with E-state index in [1.165, 1.54) is 32.4 Å². The third-order valence-corrected chi connectivity index (χ3v) is 7.48. The summed E-state index contributed by atoms with van der Waals surface area (Å²) in [6.07, 6.45) is 5.99. The molecule has 2 fully saturated rings. The lowest BCUT2D eigenvalue weighted by Gasteiger charge is -2.40. The molecule has 0 aliphatic carbocycles. The Bertz CT molecular complexity index is 853. The van der Waals surface area contributed by atoms with Crippen LogP contribution in [0.5, 0.6) is 0 Å². The summed E-state index contributed by atoms with van der Waals surface area (Å²) >= 11 is 5.88. The highest BCUT2D eigenvalue weighted by Gasteiger charge is 2.29. The first-order valence-electron chi connectivity index (χ1n) is 10.4. The van der Waals surface area contributed by atoms with E-state index in [4.69, 9.17) is 16.0 Å². The van der Waals surface area contributed by atoms with Gasteiger partial charge in [0, 0.05) is 29.0 Å². The number of carbonyl (C=O) groups excluding carboxylic acids is 1. The van der Waals surface area contributed by atoms with Crippen LogP contribution in [0.3, 0.4) is 0 Å². The van der Waals surface area contributed by atoms with Gasteiger partial charge in [-0.15, -0.1) is 0 Å². The predicted octanol–water partition coefficient (Wildman–Crippen LogP) is 4.33. The van der Waals surface area contributed by atoms with Crippen LogP contribution in [0.4, 0.5) is 0 Å². The van der Waals surface area contributed by atoms with E-state index in [2.05, 4.69) is 4.90 Å². The van der Waals surface area contributed by atoms with Gasteiger partial charge in [0.15, 0.2) is 5.76 Å². The molecule has 1 aromatic carbocycles. The normalized spacial score (nSPS) is 20.0. The average molecular weight is 435 g/mol. The molecule has 1 aromatic heterocycles. The van der Waals surface area contributed by atoms with E-state index < -0.39 is 10.8 Å². The van der Waals surface area contributed by atoms with Crippen LogP contribution in [0.1, 0.15) is 48.4 Å². The Hall–Kier alpha value is -1.63. The third-order valence-electron chi connectivity index (χ3n) is 5.88. The quantitative estimate of drug-likeness (QED) is 0.702. The maximum Gasteiger partial charge on any atom is 0.289 e. The fraction of sp³-hybridized carbons (Fsp3) is 0.500. The molecule has 0 N–H and O–H groups in total. The van der Waals surface area contributed by atoms with Crippen LogP contribution in [0.2, 0.25) is 5.02 Å². The van der Waals surface area contributed by atoms with Crippen molar-refractivity contribution < 1.29 is 13.4 Å². The van der Waals surface area contributed by atoms with E-state index in [1.807, 2.05) is 4.90 Å². The van der Waals surface area contributed by atoms with Crippen molar-refractivity contribution in [2.45, 2.75) is 48.8 Å². The number of carbonyl (C=O) groups is 1. The summed E-state index contributed by atoms with van der Waals surface area (Å²) in [7, 11) is -1.24. The third kappa shape index (κ3) is 5.11. The molecule has 1 amide bonds. The van der Waals surface area contributed by atoms with E-state index in [0.29, 0.717) is 27.5 Å². The molecule has 7 heteroatoms. The van der Waals surface area contributed by atoms with Crippen molar-refractivity contribution >= 4 is 28.3 Å². The molecule has 4 rings (SSSR count). The number of amides is 1. The highest BCUT2D eigenvalue weighted by molar-refractivity contribution is 7.84. The van der Waals surface area contributed by atoms with Gasteiger partial charge >= 0.3 is 0 Å². The van der Waals surface area contributed by atoms with Crippen molar-refractivity contribution in [1.29, 1.82) is 0 Å². The molecule has 2 aliphatic rings. The zero-order chi connectivity index (χ0) is 20.2. The summed E-state index contributed by atoms with van der Waals surface area (Å²) in [6.45, 7) is 3.94. The lowest BCUT2D eigenvalue weighted by molar-refractivity contribution is 0.0561. The molecule has 29 heavy (non-hydrogen) atoms. The molecule has 2 aromatic rings. The highest BCUT2D eigenvalue weighted by Crippen LogP contribution is 2.23. The van der Waals surface area contributed by atoms with Crippen LogP contribution in [-0.2, 0) is 16.6 Å². The molecule has 0 radical (unpaired) electrons. The molecule has 2 aliphatic heterocycles. The van der Waals surface area contributed by atoms with Gasteiger partial charge in [-0.25, -0.2) is 0 Å². The maximum atomic E-state index is 12.8. The van der Waals surface area contributed by atoms with Gasteiger partial charge in [-0.3, -0.25) is 9.00 Å². The molecule has 2 saturated heterocycles. The van der Waals surface area contributed by atoms with E-state index in [0.717, 1.165) is 25.9 Å². The molecule has 0 saturated carbocycles. The van der Waals surface area contributed by atoms with Gasteiger partial charge < -0.3 is 14.2 Å². The van der Waals surface area contributed by atoms with Gasteiger partial charge in [-0.05, 0) is 75.2 Å². The van der Waals surface area contributed by atoms with Crippen molar-refractivity contribution in [1.82, 2.24) is 9.80 Å². The first kappa shape index (κ1) is 20.6. The SMILES string of the molecule is O=C(c1ccc(C[S@@](=O)c2ccc(Cl)cc2)o1)N1CCC(N2CCCCC2)CC1. The minimum atomic E-state index is -1.24. The summed E-state index contributed by atoms with van der Waals surface area (Å²) in [5.41, 5.74) is 0. The Balaban J connectivity index is 1.31. The lowest BCUT2D eigenvalue weighted by Crippen LogP contribution is -2.48. The second-order valence-corrected chi connectivity index (χ2v) is 9.72. The van der Waals surface area contributed by atoms with Crippen molar-refractivity contribution in [2.24, 2.45) is 0 Å². The van der Waals surface area contributed by atoms with E-state index >= 15 is 0 Å².